The molecule has 1 heterocycles. The third-order valence-corrected chi connectivity index (χ3v) is 6.68. The summed E-state index contributed by atoms with van der Waals surface area (Å²) >= 11 is 0. The minimum absolute atomic E-state index is 0.0178. The van der Waals surface area contributed by atoms with Crippen LogP contribution < -0.4 is 14.2 Å². The van der Waals surface area contributed by atoms with Crippen molar-refractivity contribution in [3.8, 4) is 11.5 Å². The maximum atomic E-state index is 12.5. The fourth-order valence-corrected chi connectivity index (χ4v) is 4.51. The monoisotopic (exact) mass is 518 g/mol. The lowest BCUT2D eigenvalue weighted by molar-refractivity contribution is 0.0674. The predicted molar refractivity (Wildman–Crippen MR) is 129 cm³/mol. The van der Waals surface area contributed by atoms with Crippen LogP contribution in [0, 0.1) is 0 Å². The summed E-state index contributed by atoms with van der Waals surface area (Å²) in [6.07, 6.45) is 1.05. The maximum absolute atomic E-state index is 12.5. The van der Waals surface area contributed by atoms with Gasteiger partial charge in [0.25, 0.3) is 0 Å². The predicted octanol–water partition coefficient (Wildman–Crippen LogP) is 2.44. The number of hydrogen-bond acceptors (Lipinski definition) is 8. The van der Waals surface area contributed by atoms with Crippen LogP contribution in [-0.2, 0) is 30.8 Å². The van der Waals surface area contributed by atoms with E-state index in [2.05, 4.69) is 4.72 Å². The molecule has 200 valence electrons. The Balaban J connectivity index is 1.99. The van der Waals surface area contributed by atoms with Crippen molar-refractivity contribution in [3.63, 3.8) is 0 Å². The van der Waals surface area contributed by atoms with Crippen LogP contribution in [-0.4, -0.2) is 89.4 Å². The molecule has 0 aromatic heterocycles. The molecule has 1 saturated heterocycles. The van der Waals surface area contributed by atoms with Gasteiger partial charge in [-0.25, -0.2) is 4.79 Å². The van der Waals surface area contributed by atoms with Gasteiger partial charge in [-0.2, -0.15) is 17.4 Å². The number of aryl methyl sites for hydroxylation is 1. The Morgan fingerprint density at radius 2 is 2.06 bits per heavy atom. The summed E-state index contributed by atoms with van der Waals surface area (Å²) in [7, 11) is -2.61. The van der Waals surface area contributed by atoms with Crippen LogP contribution in [0.2, 0.25) is 0 Å². The Kier molecular flexibility index (Phi) is 12.6. The molecule has 0 saturated carbocycles. The van der Waals surface area contributed by atoms with Gasteiger partial charge in [0.1, 0.15) is 24.7 Å². The number of methoxy groups -OCH3 is 1. The fourth-order valence-electron chi connectivity index (χ4n) is 3.44. The van der Waals surface area contributed by atoms with E-state index in [0.29, 0.717) is 42.0 Å². The number of amides is 1. The molecular weight excluding hydrogens is 480 g/mol. The van der Waals surface area contributed by atoms with E-state index in [-0.39, 0.29) is 38.3 Å². The lowest BCUT2D eigenvalue weighted by Crippen LogP contribution is -2.45. The van der Waals surface area contributed by atoms with Crippen LogP contribution >= 0.6 is 0 Å². The first kappa shape index (κ1) is 29.1. The molecule has 1 atom stereocenters. The number of nitrogens with zero attached hydrogens (tertiary/aromatic N) is 1. The van der Waals surface area contributed by atoms with Gasteiger partial charge >= 0.3 is 16.3 Å². The first-order valence-electron chi connectivity index (χ1n) is 11.8. The van der Waals surface area contributed by atoms with Crippen molar-refractivity contribution >= 4 is 16.3 Å². The van der Waals surface area contributed by atoms with Crippen molar-refractivity contribution in [1.29, 1.82) is 0 Å². The number of nitrogens with one attached hydrogen (secondary N) is 1. The van der Waals surface area contributed by atoms with Crippen molar-refractivity contribution in [1.82, 2.24) is 9.03 Å². The molecule has 35 heavy (non-hydrogen) atoms. The van der Waals surface area contributed by atoms with Crippen LogP contribution in [0.1, 0.15) is 38.7 Å². The molecule has 1 aliphatic heterocycles. The van der Waals surface area contributed by atoms with Gasteiger partial charge in [0.2, 0.25) is 0 Å². The largest absolute Gasteiger partial charge is 0.491 e. The second-order valence-electron chi connectivity index (χ2n) is 8.33. The fraction of sp³-hybridized carbons (Fsp3) is 0.696. The van der Waals surface area contributed by atoms with Gasteiger partial charge < -0.3 is 28.8 Å². The Morgan fingerprint density at radius 1 is 1.26 bits per heavy atom. The highest BCUT2D eigenvalue weighted by molar-refractivity contribution is 7.87. The summed E-state index contributed by atoms with van der Waals surface area (Å²) in [6, 6.07) is 5.42. The average Bonchev–Trinajstić information content (AvgIpc) is 3.32. The molecule has 1 fully saturated rings. The first-order valence-corrected chi connectivity index (χ1v) is 13.3. The van der Waals surface area contributed by atoms with Crippen LogP contribution in [0.3, 0.4) is 0 Å². The zero-order valence-corrected chi connectivity index (χ0v) is 21.6. The molecule has 1 unspecified atom stereocenters. The number of carbonyl (C=O) groups is 1. The molecule has 1 aliphatic rings. The van der Waals surface area contributed by atoms with Crippen molar-refractivity contribution in [2.75, 3.05) is 53.2 Å². The van der Waals surface area contributed by atoms with Gasteiger partial charge in [-0.3, -0.25) is 0 Å². The molecule has 2 N–H and O–H groups in total. The third kappa shape index (κ3) is 10.6. The number of carboxylic acid groups (broad SMARTS) is 1. The van der Waals surface area contributed by atoms with Gasteiger partial charge in [-0.05, 0) is 51.2 Å². The Bertz CT molecular complexity index is 874. The molecule has 1 aromatic carbocycles. The van der Waals surface area contributed by atoms with E-state index in [1.165, 1.54) is 0 Å². The van der Waals surface area contributed by atoms with Crippen molar-refractivity contribution in [2.24, 2.45) is 0 Å². The zero-order valence-electron chi connectivity index (χ0n) is 20.7. The minimum atomic E-state index is -4.20. The Hall–Kier alpha value is -2.12. The topological polar surface area (TPSA) is 133 Å². The van der Waals surface area contributed by atoms with Gasteiger partial charge in [0, 0.05) is 32.9 Å². The van der Waals surface area contributed by atoms with Crippen LogP contribution in [0.5, 0.6) is 11.5 Å². The number of hydrogen-bond donors (Lipinski definition) is 2. The number of ether oxygens (including phenoxy) is 5. The van der Waals surface area contributed by atoms with E-state index in [0.717, 1.165) is 25.0 Å². The average molecular weight is 519 g/mol. The van der Waals surface area contributed by atoms with Gasteiger partial charge in [0.15, 0.2) is 0 Å². The third-order valence-electron chi connectivity index (χ3n) is 5.19. The summed E-state index contributed by atoms with van der Waals surface area (Å²) in [4.78, 5) is 11.6. The SMILES string of the molecule is COCCOc1ccc(CCCN(C(=O)O)S(=O)(=O)NCCOC(C)C)c(OCC2CCCO2)c1. The maximum Gasteiger partial charge on any atom is 0.422 e. The van der Waals surface area contributed by atoms with Crippen molar-refractivity contribution in [2.45, 2.75) is 51.7 Å². The lowest BCUT2D eigenvalue weighted by atomic mass is 10.1. The van der Waals surface area contributed by atoms with E-state index in [9.17, 15) is 18.3 Å². The molecule has 11 nitrogen and oxygen atoms in total. The van der Waals surface area contributed by atoms with Gasteiger partial charge in [-0.1, -0.05) is 6.07 Å². The minimum Gasteiger partial charge on any atom is -0.491 e. The quantitative estimate of drug-likeness (QED) is 0.298. The van der Waals surface area contributed by atoms with Crippen LogP contribution in [0.15, 0.2) is 18.2 Å². The Morgan fingerprint density at radius 3 is 2.71 bits per heavy atom. The van der Waals surface area contributed by atoms with E-state index >= 15 is 0 Å². The Labute approximate surface area is 207 Å². The van der Waals surface area contributed by atoms with Crippen molar-refractivity contribution < 1.29 is 42.0 Å². The van der Waals surface area contributed by atoms with Crippen molar-refractivity contribution in [3.05, 3.63) is 23.8 Å². The van der Waals surface area contributed by atoms with Crippen LogP contribution in [0.4, 0.5) is 4.79 Å². The van der Waals surface area contributed by atoms with Gasteiger partial charge in [-0.15, -0.1) is 0 Å². The summed E-state index contributed by atoms with van der Waals surface area (Å²) < 4.78 is 55.2. The molecule has 0 bridgehead atoms. The second-order valence-corrected chi connectivity index (χ2v) is 10.0. The van der Waals surface area contributed by atoms with E-state index < -0.39 is 16.3 Å². The highest BCUT2D eigenvalue weighted by atomic mass is 32.2. The number of rotatable bonds is 17. The van der Waals surface area contributed by atoms with Crippen LogP contribution in [0.25, 0.3) is 0 Å². The standard InChI is InChI=1S/C23H38N2O9S/c1-18(2)31-13-10-24-35(28,29)25(23(26)27)11-4-6-19-8-9-20(33-15-14-30-3)16-22(19)34-17-21-7-5-12-32-21/h8-9,16,18,21,24H,4-7,10-15,17H2,1-3H3,(H,26,27). The lowest BCUT2D eigenvalue weighted by Gasteiger charge is -2.20. The molecule has 2 rings (SSSR count). The molecule has 12 heteroatoms. The summed E-state index contributed by atoms with van der Waals surface area (Å²) in [6.45, 7) is 5.54. The van der Waals surface area contributed by atoms with E-state index in [1.807, 2.05) is 19.9 Å². The summed E-state index contributed by atoms with van der Waals surface area (Å²) in [5.74, 6) is 1.22. The molecule has 0 radical (unpaired) electrons. The van der Waals surface area contributed by atoms with E-state index in [1.54, 1.807) is 19.2 Å². The zero-order chi connectivity index (χ0) is 25.7. The second kappa shape index (κ2) is 15.1. The van der Waals surface area contributed by atoms with Gasteiger partial charge in [0.05, 0.1) is 25.4 Å². The smallest absolute Gasteiger partial charge is 0.422 e. The first-order chi connectivity index (χ1) is 16.7. The highest BCUT2D eigenvalue weighted by Gasteiger charge is 2.26. The molecule has 1 aromatic rings. The van der Waals surface area contributed by atoms with E-state index in [4.69, 9.17) is 23.7 Å². The normalized spacial score (nSPS) is 15.9. The molecular formula is C23H38N2O9S. The summed E-state index contributed by atoms with van der Waals surface area (Å²) in [5.41, 5.74) is 0.822. The molecule has 0 aliphatic carbocycles. The number of benzene rings is 1. The summed E-state index contributed by atoms with van der Waals surface area (Å²) in [5, 5.41) is 9.46. The highest BCUT2D eigenvalue weighted by Crippen LogP contribution is 2.27. The molecule has 1 amide bonds. The molecule has 0 spiro atoms.